The van der Waals surface area contributed by atoms with E-state index in [1.807, 2.05) is 18.2 Å². The van der Waals surface area contributed by atoms with Crippen LogP contribution in [0.2, 0.25) is 0 Å². The Morgan fingerprint density at radius 1 is 1.25 bits per heavy atom. The highest BCUT2D eigenvalue weighted by Crippen LogP contribution is 2.31. The van der Waals surface area contributed by atoms with Crippen LogP contribution in [-0.2, 0) is 11.3 Å². The van der Waals surface area contributed by atoms with Crippen molar-refractivity contribution in [1.82, 2.24) is 10.6 Å². The van der Waals surface area contributed by atoms with Crippen molar-refractivity contribution in [2.24, 2.45) is 0 Å². The lowest BCUT2D eigenvalue weighted by Gasteiger charge is -2.23. The highest BCUT2D eigenvalue weighted by Gasteiger charge is 2.34. The fourth-order valence-electron chi connectivity index (χ4n) is 3.61. The predicted molar refractivity (Wildman–Crippen MR) is 101 cm³/mol. The third kappa shape index (κ3) is 4.83. The predicted octanol–water partition coefficient (Wildman–Crippen LogP) is 1.04. The number of likely N-dealkylation sites (tertiary alicyclic amines) is 1. The third-order valence-electron chi connectivity index (χ3n) is 4.94. The van der Waals surface area contributed by atoms with E-state index in [1.54, 1.807) is 26.4 Å². The number of benzene rings is 1. The molecule has 0 radical (unpaired) electrons. The molecule has 2 atom stereocenters. The van der Waals surface area contributed by atoms with Gasteiger partial charge in [0.1, 0.15) is 23.3 Å². The van der Waals surface area contributed by atoms with Crippen molar-refractivity contribution in [3.8, 4) is 11.5 Å². The molecule has 3 rings (SSSR count). The highest BCUT2D eigenvalue weighted by molar-refractivity contribution is 5.94. The second-order valence-electron chi connectivity index (χ2n) is 6.70. The van der Waals surface area contributed by atoms with Crippen LogP contribution in [0, 0.1) is 0 Å². The monoisotopic (exact) mass is 388 g/mol. The summed E-state index contributed by atoms with van der Waals surface area (Å²) >= 11 is 0. The van der Waals surface area contributed by atoms with Crippen LogP contribution in [0.4, 0.5) is 4.79 Å². The Kier molecular flexibility index (Phi) is 6.54. The summed E-state index contributed by atoms with van der Waals surface area (Å²) in [5.41, 5.74) is 1.02. The Morgan fingerprint density at radius 3 is 2.82 bits per heavy atom. The maximum Gasteiger partial charge on any atom is 0.321 e. The first-order valence-electron chi connectivity index (χ1n) is 9.27. The number of furan rings is 1. The zero-order valence-electron chi connectivity index (χ0n) is 16.1. The largest absolute Gasteiger partial charge is 0.497 e. The third-order valence-corrected chi connectivity index (χ3v) is 4.94. The lowest BCUT2D eigenvalue weighted by Crippen LogP contribution is -3.11. The summed E-state index contributed by atoms with van der Waals surface area (Å²) in [6, 6.07) is 8.77. The maximum atomic E-state index is 12.4. The van der Waals surface area contributed by atoms with Crippen LogP contribution in [0.15, 0.2) is 41.0 Å². The van der Waals surface area contributed by atoms with Crippen molar-refractivity contribution >= 4 is 11.9 Å². The molecule has 0 saturated carbocycles. The van der Waals surface area contributed by atoms with Gasteiger partial charge < -0.3 is 24.1 Å². The Morgan fingerprint density at radius 2 is 2.11 bits per heavy atom. The molecule has 1 aromatic heterocycles. The molecule has 1 aliphatic rings. The summed E-state index contributed by atoms with van der Waals surface area (Å²) in [4.78, 5) is 25.4. The molecule has 1 unspecified atom stereocenters. The average Bonchev–Trinajstić information content (AvgIpc) is 3.37. The van der Waals surface area contributed by atoms with E-state index in [4.69, 9.17) is 13.9 Å². The van der Waals surface area contributed by atoms with E-state index in [2.05, 4.69) is 10.6 Å². The van der Waals surface area contributed by atoms with Crippen LogP contribution in [0.5, 0.6) is 11.5 Å². The van der Waals surface area contributed by atoms with Gasteiger partial charge in [0.2, 0.25) is 0 Å². The molecule has 0 spiro atoms. The van der Waals surface area contributed by atoms with Crippen molar-refractivity contribution in [3.05, 3.63) is 47.9 Å². The van der Waals surface area contributed by atoms with Gasteiger partial charge in [-0.2, -0.15) is 0 Å². The highest BCUT2D eigenvalue weighted by atomic mass is 16.5. The van der Waals surface area contributed by atoms with Gasteiger partial charge in [0.05, 0.1) is 39.1 Å². The van der Waals surface area contributed by atoms with Crippen LogP contribution in [0.25, 0.3) is 0 Å². The van der Waals surface area contributed by atoms with Gasteiger partial charge in [-0.25, -0.2) is 4.79 Å². The molecule has 2 aromatic rings. The van der Waals surface area contributed by atoms with Gasteiger partial charge in [-0.05, 0) is 30.3 Å². The molecular weight excluding hydrogens is 362 g/mol. The van der Waals surface area contributed by atoms with E-state index < -0.39 is 6.03 Å². The topological polar surface area (TPSA) is 94.2 Å². The van der Waals surface area contributed by atoms with Gasteiger partial charge in [-0.15, -0.1) is 0 Å². The minimum atomic E-state index is -0.532. The second-order valence-corrected chi connectivity index (χ2v) is 6.70. The lowest BCUT2D eigenvalue weighted by atomic mass is 10.0. The second kappa shape index (κ2) is 9.27. The van der Waals surface area contributed by atoms with Crippen molar-refractivity contribution in [2.75, 3.05) is 27.3 Å². The van der Waals surface area contributed by atoms with Crippen molar-refractivity contribution in [1.29, 1.82) is 0 Å². The first-order chi connectivity index (χ1) is 13.6. The minimum absolute atomic E-state index is 0.113. The number of carbonyl (C=O) groups is 2. The number of imide groups is 1. The van der Waals surface area contributed by atoms with E-state index in [-0.39, 0.29) is 25.0 Å². The van der Waals surface area contributed by atoms with Crippen LogP contribution < -0.4 is 25.0 Å². The Balaban J connectivity index is 1.58. The summed E-state index contributed by atoms with van der Waals surface area (Å²) in [6.45, 7) is 1.29. The van der Waals surface area contributed by atoms with Crippen LogP contribution in [0.1, 0.15) is 30.2 Å². The molecule has 150 valence electrons. The van der Waals surface area contributed by atoms with Gasteiger partial charge in [-0.3, -0.25) is 10.1 Å². The molecule has 2 heterocycles. The molecule has 0 bridgehead atoms. The zero-order chi connectivity index (χ0) is 19.9. The number of amides is 3. The van der Waals surface area contributed by atoms with E-state index in [0.717, 1.165) is 41.3 Å². The molecule has 1 saturated heterocycles. The molecule has 1 aromatic carbocycles. The van der Waals surface area contributed by atoms with Crippen molar-refractivity contribution in [3.63, 3.8) is 0 Å². The Bertz CT molecular complexity index is 806. The quantitative estimate of drug-likeness (QED) is 0.659. The van der Waals surface area contributed by atoms with E-state index in [1.165, 1.54) is 6.26 Å². The Hall–Kier alpha value is -3.00. The first kappa shape index (κ1) is 19.8. The molecule has 1 aliphatic heterocycles. The zero-order valence-corrected chi connectivity index (χ0v) is 16.1. The normalized spacial score (nSPS) is 18.5. The SMILES string of the molecule is COc1ccc(OC)c([C@@H]2CCC[NH+]2CC(=O)NC(=O)NCc2ccco2)c1. The summed E-state index contributed by atoms with van der Waals surface area (Å²) in [5.74, 6) is 1.84. The number of urea groups is 1. The molecule has 1 fully saturated rings. The summed E-state index contributed by atoms with van der Waals surface area (Å²) in [5, 5.41) is 4.99. The minimum Gasteiger partial charge on any atom is -0.497 e. The summed E-state index contributed by atoms with van der Waals surface area (Å²) in [6.07, 6.45) is 3.47. The fraction of sp³-hybridized carbons (Fsp3) is 0.400. The first-order valence-corrected chi connectivity index (χ1v) is 9.27. The lowest BCUT2D eigenvalue weighted by molar-refractivity contribution is -0.910. The molecule has 3 N–H and O–H groups in total. The van der Waals surface area contributed by atoms with Gasteiger partial charge in [0.25, 0.3) is 5.91 Å². The summed E-state index contributed by atoms with van der Waals surface area (Å²) < 4.78 is 16.0. The molecule has 0 aliphatic carbocycles. The van der Waals surface area contributed by atoms with Gasteiger partial charge in [0, 0.05) is 12.8 Å². The van der Waals surface area contributed by atoms with E-state index in [0.29, 0.717) is 5.76 Å². The van der Waals surface area contributed by atoms with Crippen LogP contribution in [-0.4, -0.2) is 39.2 Å². The van der Waals surface area contributed by atoms with Crippen molar-refractivity contribution in [2.45, 2.75) is 25.4 Å². The molecule has 8 nitrogen and oxygen atoms in total. The van der Waals surface area contributed by atoms with E-state index in [9.17, 15) is 9.59 Å². The number of ether oxygens (including phenoxy) is 2. The number of rotatable bonds is 7. The maximum absolute atomic E-state index is 12.4. The molecule has 28 heavy (non-hydrogen) atoms. The Labute approximate surface area is 163 Å². The number of hydrogen-bond acceptors (Lipinski definition) is 5. The number of hydrogen-bond donors (Lipinski definition) is 3. The fourth-order valence-corrected chi connectivity index (χ4v) is 3.61. The molecular formula is C20H26N3O5+. The standard InChI is InChI=1S/C20H25N3O5/c1-26-14-7-8-18(27-2)16(11-14)17-6-3-9-23(17)13-19(24)22-20(25)21-12-15-5-4-10-28-15/h4-5,7-8,10-11,17H,3,6,9,12-13H2,1-2H3,(H2,21,22,24,25)/p+1/t17-/m0/s1. The van der Waals surface area contributed by atoms with Crippen molar-refractivity contribution < 1.29 is 28.4 Å². The molecule has 8 heteroatoms. The number of methoxy groups -OCH3 is 2. The van der Waals surface area contributed by atoms with Gasteiger partial charge in [-0.1, -0.05) is 0 Å². The van der Waals surface area contributed by atoms with Gasteiger partial charge >= 0.3 is 6.03 Å². The average molecular weight is 388 g/mol. The number of quaternary nitrogens is 1. The number of carbonyl (C=O) groups excluding carboxylic acids is 2. The van der Waals surface area contributed by atoms with Crippen LogP contribution >= 0.6 is 0 Å². The smallest absolute Gasteiger partial charge is 0.321 e. The van der Waals surface area contributed by atoms with Gasteiger partial charge in [0.15, 0.2) is 6.54 Å². The molecule has 3 amide bonds. The number of nitrogens with one attached hydrogen (secondary N) is 3. The van der Waals surface area contributed by atoms with E-state index >= 15 is 0 Å². The summed E-state index contributed by atoms with van der Waals surface area (Å²) in [7, 11) is 3.26. The van der Waals surface area contributed by atoms with Crippen LogP contribution in [0.3, 0.4) is 0 Å².